The van der Waals surface area contributed by atoms with Crippen molar-refractivity contribution in [3.05, 3.63) is 53.1 Å². The van der Waals surface area contributed by atoms with Crippen molar-refractivity contribution in [2.75, 3.05) is 31.0 Å². The molecule has 0 bridgehead atoms. The first-order valence-electron chi connectivity index (χ1n) is 8.17. The third-order valence-corrected chi connectivity index (χ3v) is 7.79. The molecule has 2 aromatic rings. The van der Waals surface area contributed by atoms with Gasteiger partial charge in [-0.3, -0.25) is 4.72 Å². The number of sulfonamides is 2. The van der Waals surface area contributed by atoms with Gasteiger partial charge in [-0.1, -0.05) is 23.7 Å². The van der Waals surface area contributed by atoms with E-state index in [1.807, 2.05) is 0 Å². The molecule has 7 nitrogen and oxygen atoms in total. The summed E-state index contributed by atoms with van der Waals surface area (Å²) < 4.78 is 59.9. The van der Waals surface area contributed by atoms with E-state index in [4.69, 9.17) is 16.3 Å². The molecule has 27 heavy (non-hydrogen) atoms. The van der Waals surface area contributed by atoms with Gasteiger partial charge in [-0.2, -0.15) is 4.31 Å². The molecule has 1 heterocycles. The fourth-order valence-electron chi connectivity index (χ4n) is 2.72. The summed E-state index contributed by atoms with van der Waals surface area (Å²) in [6, 6.07) is 10.3. The van der Waals surface area contributed by atoms with Gasteiger partial charge < -0.3 is 4.74 Å². The molecule has 0 atom stereocenters. The van der Waals surface area contributed by atoms with E-state index in [9.17, 15) is 16.8 Å². The summed E-state index contributed by atoms with van der Waals surface area (Å²) in [5.74, 6) is 0. The number of morpholine rings is 1. The molecule has 0 spiro atoms. The number of hydrogen-bond acceptors (Lipinski definition) is 5. The minimum atomic E-state index is -3.90. The average Bonchev–Trinajstić information content (AvgIpc) is 2.64. The molecular formula is C17H19ClN2O5S2. The fourth-order valence-corrected chi connectivity index (χ4v) is 5.72. The monoisotopic (exact) mass is 430 g/mol. The van der Waals surface area contributed by atoms with Crippen molar-refractivity contribution in [1.82, 2.24) is 4.31 Å². The van der Waals surface area contributed by atoms with Crippen LogP contribution >= 0.6 is 11.6 Å². The highest BCUT2D eigenvalue weighted by Crippen LogP contribution is 2.26. The predicted molar refractivity (Wildman–Crippen MR) is 103 cm³/mol. The summed E-state index contributed by atoms with van der Waals surface area (Å²) in [5, 5.41) is 0.289. The molecule has 0 unspecified atom stereocenters. The fraction of sp³-hybridized carbons (Fsp3) is 0.294. The molecule has 1 N–H and O–H groups in total. The van der Waals surface area contributed by atoms with Gasteiger partial charge in [0.2, 0.25) is 10.0 Å². The third kappa shape index (κ3) is 4.44. The molecule has 1 saturated heterocycles. The molecule has 0 amide bonds. The Labute approximate surface area is 164 Å². The maximum Gasteiger partial charge on any atom is 0.261 e. The van der Waals surface area contributed by atoms with Crippen LogP contribution in [0.1, 0.15) is 5.56 Å². The smallest absolute Gasteiger partial charge is 0.261 e. The van der Waals surface area contributed by atoms with E-state index in [1.54, 1.807) is 19.1 Å². The summed E-state index contributed by atoms with van der Waals surface area (Å²) in [6.07, 6.45) is 0. The first-order valence-corrected chi connectivity index (χ1v) is 11.5. The maximum absolute atomic E-state index is 12.9. The largest absolute Gasteiger partial charge is 0.379 e. The van der Waals surface area contributed by atoms with E-state index in [0.717, 1.165) is 0 Å². The molecule has 1 aliphatic rings. The van der Waals surface area contributed by atoms with Gasteiger partial charge in [0.05, 0.1) is 28.7 Å². The Morgan fingerprint density at radius 2 is 1.74 bits per heavy atom. The van der Waals surface area contributed by atoms with Crippen LogP contribution in [0.3, 0.4) is 0 Å². The quantitative estimate of drug-likeness (QED) is 0.786. The number of hydrogen-bond donors (Lipinski definition) is 1. The molecule has 0 aliphatic carbocycles. The molecule has 0 saturated carbocycles. The number of halogens is 1. The standard InChI is InChI=1S/C17H19ClN2O5S2/c1-13-5-6-15(19-26(21,22)16-4-2-3-14(18)11-16)12-17(13)27(23,24)20-7-9-25-10-8-20/h2-6,11-12,19H,7-10H2,1H3. The minimum absolute atomic E-state index is 0.00633. The number of nitrogens with zero attached hydrogens (tertiary/aromatic N) is 1. The molecule has 1 fully saturated rings. The highest BCUT2D eigenvalue weighted by Gasteiger charge is 2.28. The molecule has 1 aliphatic heterocycles. The van der Waals surface area contributed by atoms with Crippen molar-refractivity contribution < 1.29 is 21.6 Å². The second-order valence-corrected chi connectivity index (χ2v) is 10.1. The van der Waals surface area contributed by atoms with E-state index in [0.29, 0.717) is 18.8 Å². The lowest BCUT2D eigenvalue weighted by Crippen LogP contribution is -2.40. The lowest BCUT2D eigenvalue weighted by atomic mass is 10.2. The lowest BCUT2D eigenvalue weighted by Gasteiger charge is -2.26. The summed E-state index contributed by atoms with van der Waals surface area (Å²) in [6.45, 7) is 2.86. The molecule has 10 heteroatoms. The van der Waals surface area contributed by atoms with Gasteiger partial charge in [-0.25, -0.2) is 16.8 Å². The minimum Gasteiger partial charge on any atom is -0.379 e. The number of rotatable bonds is 5. The van der Waals surface area contributed by atoms with Crippen LogP contribution < -0.4 is 4.72 Å². The van der Waals surface area contributed by atoms with E-state index in [1.165, 1.54) is 34.6 Å². The Balaban J connectivity index is 1.94. The highest BCUT2D eigenvalue weighted by molar-refractivity contribution is 7.92. The second-order valence-electron chi connectivity index (χ2n) is 6.06. The number of anilines is 1. The zero-order valence-electron chi connectivity index (χ0n) is 14.6. The number of benzene rings is 2. The van der Waals surface area contributed by atoms with Crippen molar-refractivity contribution in [2.24, 2.45) is 0 Å². The maximum atomic E-state index is 12.9. The molecular weight excluding hydrogens is 412 g/mol. The van der Waals surface area contributed by atoms with Gasteiger partial charge in [0.15, 0.2) is 0 Å². The summed E-state index contributed by atoms with van der Waals surface area (Å²) >= 11 is 5.86. The van der Waals surface area contributed by atoms with Crippen molar-refractivity contribution in [1.29, 1.82) is 0 Å². The summed E-state index contributed by atoms with van der Waals surface area (Å²) in [7, 11) is -7.64. The molecule has 146 valence electrons. The van der Waals surface area contributed by atoms with E-state index >= 15 is 0 Å². The van der Waals surface area contributed by atoms with Crippen LogP contribution in [0.4, 0.5) is 5.69 Å². The normalized spacial score (nSPS) is 16.2. The van der Waals surface area contributed by atoms with Gasteiger partial charge in [0, 0.05) is 18.1 Å². The third-order valence-electron chi connectivity index (χ3n) is 4.13. The Bertz CT molecular complexity index is 1050. The van der Waals surface area contributed by atoms with Crippen LogP contribution in [0.15, 0.2) is 52.3 Å². The van der Waals surface area contributed by atoms with Gasteiger partial charge >= 0.3 is 0 Å². The second kappa shape index (κ2) is 7.76. The summed E-state index contributed by atoms with van der Waals surface area (Å²) in [4.78, 5) is 0.0591. The van der Waals surface area contributed by atoms with Gasteiger partial charge in [-0.15, -0.1) is 0 Å². The summed E-state index contributed by atoms with van der Waals surface area (Å²) in [5.41, 5.74) is 0.694. The van der Waals surface area contributed by atoms with E-state index in [2.05, 4.69) is 4.72 Å². The van der Waals surface area contributed by atoms with Gasteiger partial charge in [-0.05, 0) is 42.8 Å². The van der Waals surface area contributed by atoms with Crippen molar-refractivity contribution in [3.8, 4) is 0 Å². The van der Waals surface area contributed by atoms with Crippen LogP contribution in [-0.2, 0) is 24.8 Å². The number of ether oxygens (including phenoxy) is 1. The van der Waals surface area contributed by atoms with Crippen molar-refractivity contribution in [3.63, 3.8) is 0 Å². The molecule has 0 aromatic heterocycles. The zero-order chi connectivity index (χ0) is 19.7. The first-order chi connectivity index (χ1) is 12.7. The van der Waals surface area contributed by atoms with Gasteiger partial charge in [0.1, 0.15) is 0 Å². The predicted octanol–water partition coefficient (Wildman–Crippen LogP) is 2.47. The lowest BCUT2D eigenvalue weighted by molar-refractivity contribution is 0.0730. The number of aryl methyl sites for hydroxylation is 1. The SMILES string of the molecule is Cc1ccc(NS(=O)(=O)c2cccc(Cl)c2)cc1S(=O)(=O)N1CCOCC1. The van der Waals surface area contributed by atoms with Crippen LogP contribution in [-0.4, -0.2) is 47.4 Å². The van der Waals surface area contributed by atoms with Crippen LogP contribution in [0.25, 0.3) is 0 Å². The van der Waals surface area contributed by atoms with Crippen molar-refractivity contribution >= 4 is 37.3 Å². The highest BCUT2D eigenvalue weighted by atomic mass is 35.5. The first kappa shape index (κ1) is 20.1. The van der Waals surface area contributed by atoms with Crippen LogP contribution in [0, 0.1) is 6.92 Å². The number of nitrogens with one attached hydrogen (secondary N) is 1. The molecule has 3 rings (SSSR count). The van der Waals surface area contributed by atoms with Crippen LogP contribution in [0.5, 0.6) is 0 Å². The zero-order valence-corrected chi connectivity index (χ0v) is 16.9. The average molecular weight is 431 g/mol. The molecule has 2 aromatic carbocycles. The van der Waals surface area contributed by atoms with Crippen molar-refractivity contribution in [2.45, 2.75) is 16.7 Å². The molecule has 0 radical (unpaired) electrons. The Morgan fingerprint density at radius 1 is 1.04 bits per heavy atom. The Kier molecular flexibility index (Phi) is 5.78. The van der Waals surface area contributed by atoms with Gasteiger partial charge in [0.25, 0.3) is 10.0 Å². The van der Waals surface area contributed by atoms with E-state index < -0.39 is 20.0 Å². The van der Waals surface area contributed by atoms with E-state index in [-0.39, 0.29) is 33.6 Å². The Hall–Kier alpha value is -1.65. The van der Waals surface area contributed by atoms with Crippen LogP contribution in [0.2, 0.25) is 5.02 Å². The Morgan fingerprint density at radius 3 is 2.41 bits per heavy atom. The topological polar surface area (TPSA) is 92.8 Å².